The number of amides is 2. The quantitative estimate of drug-likeness (QED) is 0.765. The Kier molecular flexibility index (Phi) is 7.09. The van der Waals surface area contributed by atoms with Crippen LogP contribution in [0, 0.1) is 11.3 Å². The summed E-state index contributed by atoms with van der Waals surface area (Å²) in [6, 6.07) is 8.25. The van der Waals surface area contributed by atoms with E-state index >= 15 is 0 Å². The summed E-state index contributed by atoms with van der Waals surface area (Å²) < 4.78 is 5.24. The molecule has 128 valence electrons. The van der Waals surface area contributed by atoms with Crippen LogP contribution in [0.2, 0.25) is 0 Å². The molecule has 0 bridgehead atoms. The van der Waals surface area contributed by atoms with E-state index in [4.69, 9.17) is 10.00 Å². The molecule has 1 saturated heterocycles. The van der Waals surface area contributed by atoms with Crippen LogP contribution in [0.5, 0.6) is 0 Å². The first-order chi connectivity index (χ1) is 11.7. The van der Waals surface area contributed by atoms with Crippen molar-refractivity contribution in [1.82, 2.24) is 4.90 Å². The lowest BCUT2D eigenvalue weighted by atomic mass is 10.2. The van der Waals surface area contributed by atoms with Crippen LogP contribution < -0.4 is 5.32 Å². The number of nitriles is 1. The van der Waals surface area contributed by atoms with Gasteiger partial charge in [-0.15, -0.1) is 11.8 Å². The largest absolute Gasteiger partial charge is 0.382 e. The molecule has 1 N–H and O–H groups in total. The van der Waals surface area contributed by atoms with Crippen molar-refractivity contribution < 1.29 is 14.3 Å². The number of carbonyl (C=O) groups excluding carboxylic acids is 2. The predicted molar refractivity (Wildman–Crippen MR) is 93.5 cm³/mol. The van der Waals surface area contributed by atoms with E-state index in [2.05, 4.69) is 5.32 Å². The van der Waals surface area contributed by atoms with Gasteiger partial charge in [0.25, 0.3) is 0 Å². The van der Waals surface area contributed by atoms with Crippen LogP contribution in [0.1, 0.15) is 25.3 Å². The fraction of sp³-hybridized carbons (Fsp3) is 0.471. The lowest BCUT2D eigenvalue weighted by molar-refractivity contribution is -0.136. The zero-order valence-electron chi connectivity index (χ0n) is 13.7. The van der Waals surface area contributed by atoms with Crippen LogP contribution in [0.3, 0.4) is 0 Å². The van der Waals surface area contributed by atoms with Gasteiger partial charge in [0.15, 0.2) is 0 Å². The van der Waals surface area contributed by atoms with Crippen LogP contribution in [0.4, 0.5) is 5.69 Å². The molecule has 6 nitrogen and oxygen atoms in total. The molecular formula is C17H21N3O3S. The molecular weight excluding hydrogens is 326 g/mol. The van der Waals surface area contributed by atoms with E-state index in [1.165, 1.54) is 0 Å². The molecule has 0 saturated carbocycles. The number of ether oxygens (including phenoxy) is 1. The SMILES string of the molecule is CCOCCCC(=O)N1CSC[C@H]1C(=O)Nc1ccc(C#N)cc1. The molecule has 0 aliphatic carbocycles. The summed E-state index contributed by atoms with van der Waals surface area (Å²) in [5.41, 5.74) is 1.16. The third-order valence-electron chi connectivity index (χ3n) is 3.67. The number of anilines is 1. The third-order valence-corrected chi connectivity index (χ3v) is 4.68. The van der Waals surface area contributed by atoms with Gasteiger partial charge in [-0.05, 0) is 37.6 Å². The van der Waals surface area contributed by atoms with E-state index in [0.29, 0.717) is 48.9 Å². The zero-order valence-corrected chi connectivity index (χ0v) is 14.5. The average Bonchev–Trinajstić information content (AvgIpc) is 3.09. The molecule has 0 unspecified atom stereocenters. The minimum atomic E-state index is -0.453. The summed E-state index contributed by atoms with van der Waals surface area (Å²) in [4.78, 5) is 26.4. The van der Waals surface area contributed by atoms with E-state index in [-0.39, 0.29) is 11.8 Å². The fourth-order valence-corrected chi connectivity index (χ4v) is 3.55. The summed E-state index contributed by atoms with van der Waals surface area (Å²) >= 11 is 1.58. The Morgan fingerprint density at radius 2 is 2.17 bits per heavy atom. The Bertz CT molecular complexity index is 613. The zero-order chi connectivity index (χ0) is 17.4. The molecule has 1 atom stereocenters. The second-order valence-electron chi connectivity index (χ2n) is 5.36. The van der Waals surface area contributed by atoms with Gasteiger partial charge in [-0.2, -0.15) is 5.26 Å². The van der Waals surface area contributed by atoms with E-state index in [0.717, 1.165) is 0 Å². The van der Waals surface area contributed by atoms with E-state index in [1.54, 1.807) is 40.9 Å². The Morgan fingerprint density at radius 1 is 1.42 bits per heavy atom. The second-order valence-corrected chi connectivity index (χ2v) is 6.36. The number of hydrogen-bond acceptors (Lipinski definition) is 5. The number of nitrogens with zero attached hydrogens (tertiary/aromatic N) is 2. The van der Waals surface area contributed by atoms with Gasteiger partial charge in [0.05, 0.1) is 17.5 Å². The van der Waals surface area contributed by atoms with Crippen LogP contribution >= 0.6 is 11.8 Å². The minimum absolute atomic E-state index is 0.0142. The van der Waals surface area contributed by atoms with Crippen LogP contribution in [0.15, 0.2) is 24.3 Å². The normalized spacial score (nSPS) is 16.7. The predicted octanol–water partition coefficient (Wildman–Crippen LogP) is 2.21. The van der Waals surface area contributed by atoms with Gasteiger partial charge in [-0.3, -0.25) is 9.59 Å². The van der Waals surface area contributed by atoms with Crippen LogP contribution in [-0.4, -0.2) is 47.6 Å². The standard InChI is InChI=1S/C17H21N3O3S/c1-2-23-9-3-4-16(21)20-12-24-11-15(20)17(22)19-14-7-5-13(10-18)6-8-14/h5-8,15H,2-4,9,11-12H2,1H3,(H,19,22)/t15-/m0/s1. The molecule has 2 rings (SSSR count). The molecule has 0 aromatic heterocycles. The van der Waals surface area contributed by atoms with E-state index < -0.39 is 6.04 Å². The molecule has 1 aromatic rings. The molecule has 1 fully saturated rings. The molecule has 1 aromatic carbocycles. The molecule has 1 aliphatic rings. The van der Waals surface area contributed by atoms with Crippen LogP contribution in [0.25, 0.3) is 0 Å². The average molecular weight is 347 g/mol. The number of hydrogen-bond donors (Lipinski definition) is 1. The van der Waals surface area contributed by atoms with Crippen molar-refractivity contribution in [2.45, 2.75) is 25.8 Å². The second kappa shape index (κ2) is 9.30. The molecule has 24 heavy (non-hydrogen) atoms. The summed E-state index contributed by atoms with van der Waals surface area (Å²) in [5.74, 6) is 0.931. The highest BCUT2D eigenvalue weighted by Gasteiger charge is 2.34. The summed E-state index contributed by atoms with van der Waals surface area (Å²) in [5, 5.41) is 11.6. The molecule has 1 heterocycles. The summed E-state index contributed by atoms with van der Waals surface area (Å²) in [6.07, 6.45) is 1.05. The Labute approximate surface area is 146 Å². The molecule has 7 heteroatoms. The van der Waals surface area contributed by atoms with Gasteiger partial charge in [0, 0.05) is 31.1 Å². The van der Waals surface area contributed by atoms with E-state index in [1.807, 2.05) is 13.0 Å². The number of nitrogens with one attached hydrogen (secondary N) is 1. The summed E-state index contributed by atoms with van der Waals surface area (Å²) in [7, 11) is 0. The first-order valence-corrected chi connectivity index (χ1v) is 9.07. The Morgan fingerprint density at radius 3 is 2.83 bits per heavy atom. The topological polar surface area (TPSA) is 82.4 Å². The number of carbonyl (C=O) groups is 2. The van der Waals surface area contributed by atoms with Gasteiger partial charge in [-0.1, -0.05) is 0 Å². The maximum atomic E-state index is 12.5. The van der Waals surface area contributed by atoms with Crippen molar-refractivity contribution >= 4 is 29.3 Å². The number of benzene rings is 1. The Hall–Kier alpha value is -2.04. The van der Waals surface area contributed by atoms with Gasteiger partial charge in [-0.25, -0.2) is 0 Å². The number of rotatable bonds is 7. The highest BCUT2D eigenvalue weighted by atomic mass is 32.2. The highest BCUT2D eigenvalue weighted by Crippen LogP contribution is 2.23. The van der Waals surface area contributed by atoms with E-state index in [9.17, 15) is 9.59 Å². The lowest BCUT2D eigenvalue weighted by Crippen LogP contribution is -2.44. The summed E-state index contributed by atoms with van der Waals surface area (Å²) in [6.45, 7) is 3.12. The van der Waals surface area contributed by atoms with Gasteiger partial charge >= 0.3 is 0 Å². The maximum Gasteiger partial charge on any atom is 0.248 e. The lowest BCUT2D eigenvalue weighted by Gasteiger charge is -2.23. The molecule has 1 aliphatic heterocycles. The first kappa shape index (κ1) is 18.3. The van der Waals surface area contributed by atoms with Crippen molar-refractivity contribution in [2.24, 2.45) is 0 Å². The van der Waals surface area contributed by atoms with Crippen molar-refractivity contribution in [3.05, 3.63) is 29.8 Å². The molecule has 0 radical (unpaired) electrons. The van der Waals surface area contributed by atoms with Crippen molar-refractivity contribution in [3.8, 4) is 6.07 Å². The van der Waals surface area contributed by atoms with Crippen molar-refractivity contribution in [1.29, 1.82) is 5.26 Å². The highest BCUT2D eigenvalue weighted by molar-refractivity contribution is 7.99. The van der Waals surface area contributed by atoms with Crippen molar-refractivity contribution in [2.75, 3.05) is 30.2 Å². The third kappa shape index (κ3) is 4.98. The van der Waals surface area contributed by atoms with Crippen molar-refractivity contribution in [3.63, 3.8) is 0 Å². The molecule has 2 amide bonds. The smallest absolute Gasteiger partial charge is 0.248 e. The van der Waals surface area contributed by atoms with Gasteiger partial charge in [0.2, 0.25) is 11.8 Å². The minimum Gasteiger partial charge on any atom is -0.382 e. The maximum absolute atomic E-state index is 12.5. The molecule has 0 spiro atoms. The monoisotopic (exact) mass is 347 g/mol. The number of thioether (sulfide) groups is 1. The van der Waals surface area contributed by atoms with Crippen LogP contribution in [-0.2, 0) is 14.3 Å². The van der Waals surface area contributed by atoms with Gasteiger partial charge < -0.3 is 15.0 Å². The van der Waals surface area contributed by atoms with Gasteiger partial charge in [0.1, 0.15) is 6.04 Å². The Balaban J connectivity index is 1.89. The fourth-order valence-electron chi connectivity index (χ4n) is 2.37. The first-order valence-electron chi connectivity index (χ1n) is 7.91.